The summed E-state index contributed by atoms with van der Waals surface area (Å²) in [6.07, 6.45) is 6.07. The molecule has 3 heterocycles. The van der Waals surface area contributed by atoms with Gasteiger partial charge in [-0.3, -0.25) is 14.9 Å². The number of benzene rings is 1. The van der Waals surface area contributed by atoms with E-state index in [-0.39, 0.29) is 5.82 Å². The number of nitrogens with one attached hydrogen (secondary N) is 1. The Hall–Kier alpha value is -1.92. The quantitative estimate of drug-likeness (QED) is 0.912. The highest BCUT2D eigenvalue weighted by molar-refractivity contribution is 5.65. The number of piperazine rings is 1. The standard InChI is InChI=1S/C20H27FN5/c1-15-12-25(13-16(2)26(15)14-24-7-3-4-8-24)20-6-5-17(9-19(20)21)18-10-22-23-11-18/h5-6,9-11,14-16H,3-4,7-8,12-13H2,1-2H3,(H,22,23). The average Bonchev–Trinajstić information content (AvgIpc) is 3.31. The third-order valence-corrected chi connectivity index (χ3v) is 5.54. The number of H-pyrrole nitrogens is 1. The fourth-order valence-electron chi connectivity index (χ4n) is 4.16. The molecule has 0 spiro atoms. The van der Waals surface area contributed by atoms with E-state index < -0.39 is 0 Å². The topological polar surface area (TPSA) is 38.4 Å². The van der Waals surface area contributed by atoms with E-state index >= 15 is 0 Å². The summed E-state index contributed by atoms with van der Waals surface area (Å²) in [4.78, 5) is 7.04. The first kappa shape index (κ1) is 17.5. The van der Waals surface area contributed by atoms with Crippen LogP contribution in [0.25, 0.3) is 11.1 Å². The number of hydrogen-bond acceptors (Lipinski definition) is 4. The van der Waals surface area contributed by atoms with Gasteiger partial charge in [-0.15, -0.1) is 0 Å². The minimum Gasteiger partial charge on any atom is -0.366 e. The van der Waals surface area contributed by atoms with Gasteiger partial charge in [-0.1, -0.05) is 6.07 Å². The molecule has 1 aromatic heterocycles. The van der Waals surface area contributed by atoms with Crippen LogP contribution in [0.4, 0.5) is 10.1 Å². The molecular formula is C20H27FN5. The number of anilines is 1. The molecule has 1 radical (unpaired) electrons. The molecule has 1 aromatic carbocycles. The number of aromatic amines is 1. The van der Waals surface area contributed by atoms with Gasteiger partial charge in [0.2, 0.25) is 0 Å². The van der Waals surface area contributed by atoms with Crippen molar-refractivity contribution in [1.82, 2.24) is 20.0 Å². The van der Waals surface area contributed by atoms with E-state index in [0.29, 0.717) is 17.8 Å². The third-order valence-electron chi connectivity index (χ3n) is 5.54. The van der Waals surface area contributed by atoms with E-state index in [1.807, 2.05) is 12.1 Å². The molecule has 2 aliphatic heterocycles. The lowest BCUT2D eigenvalue weighted by Gasteiger charge is -2.46. The highest BCUT2D eigenvalue weighted by Gasteiger charge is 2.32. The second-order valence-electron chi connectivity index (χ2n) is 7.56. The molecule has 139 valence electrons. The Balaban J connectivity index is 1.47. The smallest absolute Gasteiger partial charge is 0.147 e. The van der Waals surface area contributed by atoms with E-state index in [1.54, 1.807) is 18.5 Å². The Bertz CT molecular complexity index is 714. The number of rotatable bonds is 4. The summed E-state index contributed by atoms with van der Waals surface area (Å²) in [6.45, 7) is 10.7. The van der Waals surface area contributed by atoms with Gasteiger partial charge in [0.25, 0.3) is 0 Å². The molecule has 2 atom stereocenters. The van der Waals surface area contributed by atoms with Crippen LogP contribution < -0.4 is 4.90 Å². The molecule has 2 unspecified atom stereocenters. The third kappa shape index (κ3) is 3.48. The number of halogens is 1. The lowest BCUT2D eigenvalue weighted by molar-refractivity contribution is 0.117. The van der Waals surface area contributed by atoms with Gasteiger partial charge in [0, 0.05) is 36.9 Å². The fourth-order valence-corrected chi connectivity index (χ4v) is 4.16. The molecule has 4 rings (SSSR count). The van der Waals surface area contributed by atoms with Crippen molar-refractivity contribution in [1.29, 1.82) is 0 Å². The van der Waals surface area contributed by atoms with Crippen molar-refractivity contribution in [3.63, 3.8) is 0 Å². The fraction of sp³-hybridized carbons (Fsp3) is 0.500. The Morgan fingerprint density at radius 1 is 1.12 bits per heavy atom. The van der Waals surface area contributed by atoms with E-state index in [0.717, 1.165) is 37.3 Å². The minimum absolute atomic E-state index is 0.167. The van der Waals surface area contributed by atoms with E-state index in [4.69, 9.17) is 0 Å². The number of likely N-dealkylation sites (tertiary alicyclic amines) is 1. The van der Waals surface area contributed by atoms with Gasteiger partial charge in [-0.2, -0.15) is 5.10 Å². The second kappa shape index (κ2) is 7.37. The van der Waals surface area contributed by atoms with Crippen LogP contribution in [-0.4, -0.2) is 58.3 Å². The lowest BCUT2D eigenvalue weighted by atomic mass is 10.1. The maximum atomic E-state index is 14.8. The monoisotopic (exact) mass is 356 g/mol. The van der Waals surface area contributed by atoms with Crippen LogP contribution in [0.5, 0.6) is 0 Å². The van der Waals surface area contributed by atoms with Gasteiger partial charge in [-0.05, 0) is 57.5 Å². The largest absolute Gasteiger partial charge is 0.366 e. The van der Waals surface area contributed by atoms with E-state index in [1.165, 1.54) is 12.8 Å². The lowest BCUT2D eigenvalue weighted by Crippen LogP contribution is -2.57. The molecule has 6 heteroatoms. The second-order valence-corrected chi connectivity index (χ2v) is 7.56. The summed E-state index contributed by atoms with van der Waals surface area (Å²) in [6, 6.07) is 6.19. The molecule has 2 aromatic rings. The Morgan fingerprint density at radius 2 is 1.85 bits per heavy atom. The zero-order valence-electron chi connectivity index (χ0n) is 15.5. The summed E-state index contributed by atoms with van der Waals surface area (Å²) in [5.74, 6) is -0.167. The number of hydrogen-bond donors (Lipinski definition) is 1. The normalized spacial score (nSPS) is 25.1. The summed E-state index contributed by atoms with van der Waals surface area (Å²) >= 11 is 0. The van der Waals surface area contributed by atoms with Crippen molar-refractivity contribution < 1.29 is 4.39 Å². The number of aromatic nitrogens is 2. The first-order valence-electron chi connectivity index (χ1n) is 9.52. The zero-order valence-corrected chi connectivity index (χ0v) is 15.5. The molecule has 0 aliphatic carbocycles. The molecule has 26 heavy (non-hydrogen) atoms. The van der Waals surface area contributed by atoms with Crippen LogP contribution in [0.15, 0.2) is 30.6 Å². The average molecular weight is 356 g/mol. The van der Waals surface area contributed by atoms with E-state index in [9.17, 15) is 4.39 Å². The van der Waals surface area contributed by atoms with Crippen LogP contribution in [0, 0.1) is 12.5 Å². The van der Waals surface area contributed by atoms with Crippen molar-refractivity contribution in [2.24, 2.45) is 0 Å². The first-order valence-corrected chi connectivity index (χ1v) is 9.52. The predicted octanol–water partition coefficient (Wildman–Crippen LogP) is 3.33. The van der Waals surface area contributed by atoms with Crippen LogP contribution >= 0.6 is 0 Å². The molecular weight excluding hydrogens is 329 g/mol. The van der Waals surface area contributed by atoms with Crippen molar-refractivity contribution in [3.05, 3.63) is 43.1 Å². The molecule has 0 bridgehead atoms. The SMILES string of the molecule is CC1CN(c2ccc(-c3cn[nH]c3)cc2F)CC(C)N1[CH]N1CCCC1. The van der Waals surface area contributed by atoms with Crippen LogP contribution in [-0.2, 0) is 0 Å². The predicted molar refractivity (Wildman–Crippen MR) is 102 cm³/mol. The van der Waals surface area contributed by atoms with Crippen molar-refractivity contribution in [2.45, 2.75) is 38.8 Å². The van der Waals surface area contributed by atoms with E-state index in [2.05, 4.69) is 45.4 Å². The van der Waals surface area contributed by atoms with Gasteiger partial charge in [-0.25, -0.2) is 4.39 Å². The van der Waals surface area contributed by atoms with Crippen LogP contribution in [0.3, 0.4) is 0 Å². The molecule has 0 saturated carbocycles. The Labute approximate surface area is 154 Å². The summed E-state index contributed by atoms with van der Waals surface area (Å²) in [5, 5.41) is 6.72. The highest BCUT2D eigenvalue weighted by Crippen LogP contribution is 2.29. The van der Waals surface area contributed by atoms with Gasteiger partial charge >= 0.3 is 0 Å². The minimum atomic E-state index is -0.167. The maximum Gasteiger partial charge on any atom is 0.147 e. The molecule has 2 saturated heterocycles. The molecule has 5 nitrogen and oxygen atoms in total. The van der Waals surface area contributed by atoms with Gasteiger partial charge in [0.1, 0.15) is 5.82 Å². The molecule has 2 aliphatic rings. The van der Waals surface area contributed by atoms with Crippen molar-refractivity contribution in [3.8, 4) is 11.1 Å². The van der Waals surface area contributed by atoms with Crippen LogP contribution in [0.1, 0.15) is 26.7 Å². The summed E-state index contributed by atoms with van der Waals surface area (Å²) < 4.78 is 14.8. The Kier molecular flexibility index (Phi) is 4.96. The highest BCUT2D eigenvalue weighted by atomic mass is 19.1. The molecule has 0 amide bonds. The van der Waals surface area contributed by atoms with Crippen molar-refractivity contribution in [2.75, 3.05) is 31.1 Å². The first-order chi connectivity index (χ1) is 12.6. The molecule has 1 N–H and O–H groups in total. The number of nitrogens with zero attached hydrogens (tertiary/aromatic N) is 4. The van der Waals surface area contributed by atoms with Crippen LogP contribution in [0.2, 0.25) is 0 Å². The van der Waals surface area contributed by atoms with Gasteiger partial charge in [0.15, 0.2) is 0 Å². The summed E-state index contributed by atoms with van der Waals surface area (Å²) in [5.41, 5.74) is 2.45. The molecule has 2 fully saturated rings. The summed E-state index contributed by atoms with van der Waals surface area (Å²) in [7, 11) is 0. The van der Waals surface area contributed by atoms with Crippen molar-refractivity contribution >= 4 is 5.69 Å². The maximum absolute atomic E-state index is 14.8. The Morgan fingerprint density at radius 3 is 2.46 bits per heavy atom. The zero-order chi connectivity index (χ0) is 18.1. The van der Waals surface area contributed by atoms with Gasteiger partial charge in [0.05, 0.1) is 18.6 Å². The van der Waals surface area contributed by atoms with Gasteiger partial charge < -0.3 is 4.90 Å².